The summed E-state index contributed by atoms with van der Waals surface area (Å²) in [7, 11) is 0. The first kappa shape index (κ1) is 11.2. The zero-order chi connectivity index (χ0) is 10.6. The lowest BCUT2D eigenvalue weighted by Gasteiger charge is -2.22. The lowest BCUT2D eigenvalue weighted by Crippen LogP contribution is -2.23. The highest BCUT2D eigenvalue weighted by Crippen LogP contribution is 2.20. The predicted molar refractivity (Wildman–Crippen MR) is 59.0 cm³/mol. The summed E-state index contributed by atoms with van der Waals surface area (Å²) >= 11 is 0. The minimum Gasteiger partial charge on any atom is -0.335 e. The van der Waals surface area contributed by atoms with Gasteiger partial charge in [-0.1, -0.05) is 13.8 Å². The second-order valence-corrected chi connectivity index (χ2v) is 4.64. The molecular weight excluding hydrogens is 174 g/mol. The van der Waals surface area contributed by atoms with Crippen molar-refractivity contribution in [1.29, 1.82) is 0 Å². The van der Waals surface area contributed by atoms with E-state index in [0.29, 0.717) is 0 Å². The van der Waals surface area contributed by atoms with Gasteiger partial charge in [-0.25, -0.2) is 4.98 Å². The van der Waals surface area contributed by atoms with E-state index < -0.39 is 0 Å². The highest BCUT2D eigenvalue weighted by atomic mass is 15.0. The Morgan fingerprint density at radius 2 is 2.21 bits per heavy atom. The lowest BCUT2D eigenvalue weighted by molar-refractivity contribution is 0.327. The van der Waals surface area contributed by atoms with Gasteiger partial charge in [0.15, 0.2) is 0 Å². The van der Waals surface area contributed by atoms with Gasteiger partial charge < -0.3 is 10.3 Å². The number of nitrogens with zero attached hydrogens (tertiary/aromatic N) is 2. The Labute approximate surface area is 86.3 Å². The van der Waals surface area contributed by atoms with Crippen LogP contribution in [-0.4, -0.2) is 16.1 Å². The molecule has 14 heavy (non-hydrogen) atoms. The fourth-order valence-corrected chi connectivity index (χ4v) is 1.47. The first-order valence-electron chi connectivity index (χ1n) is 5.23. The van der Waals surface area contributed by atoms with Gasteiger partial charge >= 0.3 is 0 Å². The molecule has 0 amide bonds. The molecule has 0 aliphatic rings. The molecule has 0 aliphatic carbocycles. The van der Waals surface area contributed by atoms with Gasteiger partial charge in [-0.3, -0.25) is 0 Å². The molecular formula is C11H21N3. The Balaban J connectivity index is 2.32. The molecule has 3 nitrogen and oxygen atoms in total. The Morgan fingerprint density at radius 3 is 2.71 bits per heavy atom. The van der Waals surface area contributed by atoms with Crippen molar-refractivity contribution >= 4 is 0 Å². The molecule has 0 saturated heterocycles. The molecule has 1 aromatic rings. The van der Waals surface area contributed by atoms with Crippen LogP contribution in [0, 0.1) is 12.3 Å². The van der Waals surface area contributed by atoms with Gasteiger partial charge in [-0.2, -0.15) is 0 Å². The second-order valence-electron chi connectivity index (χ2n) is 4.64. The summed E-state index contributed by atoms with van der Waals surface area (Å²) in [5, 5.41) is 0. The van der Waals surface area contributed by atoms with E-state index in [4.69, 9.17) is 5.73 Å². The summed E-state index contributed by atoms with van der Waals surface area (Å²) < 4.78 is 2.19. The molecule has 0 saturated carbocycles. The van der Waals surface area contributed by atoms with Gasteiger partial charge in [-0.15, -0.1) is 0 Å². The van der Waals surface area contributed by atoms with Crippen LogP contribution in [-0.2, 0) is 6.54 Å². The van der Waals surface area contributed by atoms with Crippen LogP contribution in [0.2, 0.25) is 0 Å². The smallest absolute Gasteiger partial charge is 0.105 e. The van der Waals surface area contributed by atoms with Crippen molar-refractivity contribution in [1.82, 2.24) is 9.55 Å². The van der Waals surface area contributed by atoms with E-state index in [9.17, 15) is 0 Å². The largest absolute Gasteiger partial charge is 0.335 e. The average Bonchev–Trinajstić information content (AvgIpc) is 2.52. The molecule has 80 valence electrons. The standard InChI is InChI=1S/C11H21N3/c1-10-13-6-8-14(10)7-4-5-11(2,3)9-12/h6,8H,4-5,7,9,12H2,1-3H3. The molecule has 1 heterocycles. The van der Waals surface area contributed by atoms with E-state index in [0.717, 1.165) is 18.9 Å². The van der Waals surface area contributed by atoms with Gasteiger partial charge in [0.05, 0.1) is 0 Å². The zero-order valence-corrected chi connectivity index (χ0v) is 9.45. The van der Waals surface area contributed by atoms with Crippen molar-refractivity contribution in [3.8, 4) is 0 Å². The first-order chi connectivity index (χ1) is 6.55. The molecule has 1 rings (SSSR count). The highest BCUT2D eigenvalue weighted by Gasteiger charge is 2.14. The summed E-state index contributed by atoms with van der Waals surface area (Å²) in [5.74, 6) is 1.09. The number of aromatic nitrogens is 2. The molecule has 0 aliphatic heterocycles. The van der Waals surface area contributed by atoms with Crippen molar-refractivity contribution in [2.45, 2.75) is 40.2 Å². The summed E-state index contributed by atoms with van der Waals surface area (Å²) in [4.78, 5) is 4.19. The average molecular weight is 195 g/mol. The van der Waals surface area contributed by atoms with Crippen molar-refractivity contribution in [3.05, 3.63) is 18.2 Å². The maximum Gasteiger partial charge on any atom is 0.105 e. The van der Waals surface area contributed by atoms with E-state index in [1.165, 1.54) is 12.8 Å². The van der Waals surface area contributed by atoms with E-state index in [2.05, 4.69) is 23.4 Å². The Kier molecular flexibility index (Phi) is 3.69. The summed E-state index contributed by atoms with van der Waals surface area (Å²) in [6, 6.07) is 0. The number of rotatable bonds is 5. The van der Waals surface area contributed by atoms with Crippen molar-refractivity contribution in [3.63, 3.8) is 0 Å². The van der Waals surface area contributed by atoms with Crippen LogP contribution in [0.3, 0.4) is 0 Å². The molecule has 2 N–H and O–H groups in total. The molecule has 0 radical (unpaired) electrons. The van der Waals surface area contributed by atoms with Crippen LogP contribution in [0.4, 0.5) is 0 Å². The number of hydrogen-bond donors (Lipinski definition) is 1. The molecule has 0 aromatic carbocycles. The van der Waals surface area contributed by atoms with E-state index in [1.54, 1.807) is 0 Å². The molecule has 0 spiro atoms. The minimum atomic E-state index is 0.272. The lowest BCUT2D eigenvalue weighted by atomic mass is 9.88. The van der Waals surface area contributed by atoms with Crippen molar-refractivity contribution in [2.24, 2.45) is 11.1 Å². The summed E-state index contributed by atoms with van der Waals surface area (Å²) in [6.07, 6.45) is 6.22. The van der Waals surface area contributed by atoms with Gasteiger partial charge in [0, 0.05) is 18.9 Å². The highest BCUT2D eigenvalue weighted by molar-refractivity contribution is 4.88. The summed E-state index contributed by atoms with van der Waals surface area (Å²) in [5.41, 5.74) is 5.95. The van der Waals surface area contributed by atoms with Gasteiger partial charge in [0.25, 0.3) is 0 Å². The Morgan fingerprint density at radius 1 is 1.50 bits per heavy atom. The van der Waals surface area contributed by atoms with Gasteiger partial charge in [-0.05, 0) is 31.7 Å². The fourth-order valence-electron chi connectivity index (χ4n) is 1.47. The minimum absolute atomic E-state index is 0.272. The van der Waals surface area contributed by atoms with Crippen LogP contribution >= 0.6 is 0 Å². The van der Waals surface area contributed by atoms with Crippen molar-refractivity contribution in [2.75, 3.05) is 6.54 Å². The maximum absolute atomic E-state index is 5.68. The zero-order valence-electron chi connectivity index (χ0n) is 9.45. The van der Waals surface area contributed by atoms with Gasteiger partial charge in [0.2, 0.25) is 0 Å². The molecule has 1 aromatic heterocycles. The SMILES string of the molecule is Cc1nccn1CCCC(C)(C)CN. The third-order valence-electron chi connectivity index (χ3n) is 2.73. The quantitative estimate of drug-likeness (QED) is 0.780. The van der Waals surface area contributed by atoms with Crippen LogP contribution in [0.25, 0.3) is 0 Å². The van der Waals surface area contributed by atoms with Gasteiger partial charge in [0.1, 0.15) is 5.82 Å². The fraction of sp³-hybridized carbons (Fsp3) is 0.727. The molecule has 3 heteroatoms. The summed E-state index contributed by atoms with van der Waals surface area (Å²) in [6.45, 7) is 8.28. The van der Waals surface area contributed by atoms with Crippen LogP contribution in [0.5, 0.6) is 0 Å². The molecule has 0 bridgehead atoms. The normalized spacial score (nSPS) is 12.0. The van der Waals surface area contributed by atoms with Crippen LogP contribution in [0.1, 0.15) is 32.5 Å². The topological polar surface area (TPSA) is 43.8 Å². The molecule has 0 unspecified atom stereocenters. The van der Waals surface area contributed by atoms with Crippen LogP contribution in [0.15, 0.2) is 12.4 Å². The Hall–Kier alpha value is -0.830. The number of hydrogen-bond acceptors (Lipinski definition) is 2. The first-order valence-corrected chi connectivity index (χ1v) is 5.23. The number of imidazole rings is 1. The number of aryl methyl sites for hydroxylation is 2. The third-order valence-corrected chi connectivity index (χ3v) is 2.73. The van der Waals surface area contributed by atoms with E-state index >= 15 is 0 Å². The third kappa shape index (κ3) is 3.14. The predicted octanol–water partition coefficient (Wildman–Crippen LogP) is 1.96. The molecule has 0 fully saturated rings. The number of nitrogens with two attached hydrogens (primary N) is 1. The Bertz CT molecular complexity index is 276. The van der Waals surface area contributed by atoms with Crippen molar-refractivity contribution < 1.29 is 0 Å². The van der Waals surface area contributed by atoms with Crippen LogP contribution < -0.4 is 5.73 Å². The molecule has 0 atom stereocenters. The van der Waals surface area contributed by atoms with E-state index in [-0.39, 0.29) is 5.41 Å². The monoisotopic (exact) mass is 195 g/mol. The van der Waals surface area contributed by atoms with E-state index in [1.807, 2.05) is 19.3 Å². The maximum atomic E-state index is 5.68. The second kappa shape index (κ2) is 4.60.